The van der Waals surface area contributed by atoms with Crippen LogP contribution in [-0.4, -0.2) is 39.8 Å². The largest absolute Gasteiger partial charge is 0.384 e. The molecule has 2 aromatic rings. The molecule has 8 nitrogen and oxygen atoms in total. The van der Waals surface area contributed by atoms with E-state index in [0.29, 0.717) is 5.03 Å². The summed E-state index contributed by atoms with van der Waals surface area (Å²) in [6.45, 7) is 0.373. The van der Waals surface area contributed by atoms with Crippen LogP contribution in [-0.2, 0) is 11.3 Å². The van der Waals surface area contributed by atoms with Gasteiger partial charge < -0.3 is 10.5 Å². The van der Waals surface area contributed by atoms with Gasteiger partial charge >= 0.3 is 5.69 Å². The molecule has 0 aliphatic heterocycles. The highest BCUT2D eigenvalue weighted by Crippen LogP contribution is 2.16. The number of thioether (sulfide) groups is 1. The summed E-state index contributed by atoms with van der Waals surface area (Å²) in [5, 5.41) is 0.656. The molecule has 0 fully saturated rings. The van der Waals surface area contributed by atoms with Crippen molar-refractivity contribution in [3.05, 3.63) is 50.8 Å². The number of ether oxygens (including phenoxy) is 1. The van der Waals surface area contributed by atoms with Crippen molar-refractivity contribution in [3.63, 3.8) is 0 Å². The number of aromatic nitrogens is 3. The Morgan fingerprint density at radius 2 is 2.22 bits per heavy atom. The van der Waals surface area contributed by atoms with E-state index in [1.807, 2.05) is 0 Å². The van der Waals surface area contributed by atoms with Crippen LogP contribution in [0.5, 0.6) is 0 Å². The lowest BCUT2D eigenvalue weighted by Crippen LogP contribution is -2.37. The molecular formula is C14H16N4O4S. The van der Waals surface area contributed by atoms with Gasteiger partial charge in [-0.15, -0.1) is 0 Å². The number of H-pyrrole nitrogens is 1. The number of ketones is 1. The van der Waals surface area contributed by atoms with Gasteiger partial charge in [0.05, 0.1) is 23.9 Å². The molecule has 3 N–H and O–H groups in total. The average Bonchev–Trinajstić information content (AvgIpc) is 2.53. The molecule has 0 unspecified atom stereocenters. The quantitative estimate of drug-likeness (QED) is 0.545. The van der Waals surface area contributed by atoms with Crippen LogP contribution in [0.15, 0.2) is 39.0 Å². The molecule has 0 aliphatic rings. The third-order valence-corrected chi connectivity index (χ3v) is 3.97. The summed E-state index contributed by atoms with van der Waals surface area (Å²) in [5.74, 6) is -0.625. The third-order valence-electron chi connectivity index (χ3n) is 3.03. The van der Waals surface area contributed by atoms with Crippen LogP contribution in [0.1, 0.15) is 10.4 Å². The van der Waals surface area contributed by atoms with E-state index in [4.69, 9.17) is 10.5 Å². The number of carbonyl (C=O) groups is 1. The first-order valence-corrected chi connectivity index (χ1v) is 7.71. The van der Waals surface area contributed by atoms with E-state index in [2.05, 4.69) is 9.97 Å². The van der Waals surface area contributed by atoms with Crippen molar-refractivity contribution in [2.45, 2.75) is 11.6 Å². The summed E-state index contributed by atoms with van der Waals surface area (Å²) in [4.78, 5) is 42.2. The summed E-state index contributed by atoms with van der Waals surface area (Å²) >= 11 is 1.19. The maximum atomic E-state index is 12.3. The first kappa shape index (κ1) is 17.0. The van der Waals surface area contributed by atoms with Gasteiger partial charge in [0.2, 0.25) is 0 Å². The SMILES string of the molecule is COCCn1c(N)c(C(=O)CSc2ccccn2)c(=O)[nH]c1=O. The van der Waals surface area contributed by atoms with Crippen LogP contribution in [0.2, 0.25) is 0 Å². The van der Waals surface area contributed by atoms with Crippen molar-refractivity contribution in [3.8, 4) is 0 Å². The number of hydrogen-bond donors (Lipinski definition) is 2. The fraction of sp³-hybridized carbons (Fsp3) is 0.286. The van der Waals surface area contributed by atoms with E-state index in [0.717, 1.165) is 4.57 Å². The number of nitrogen functional groups attached to an aromatic ring is 1. The van der Waals surface area contributed by atoms with Crippen molar-refractivity contribution in [1.82, 2.24) is 14.5 Å². The molecule has 0 radical (unpaired) electrons. The van der Waals surface area contributed by atoms with E-state index in [1.54, 1.807) is 24.4 Å². The highest BCUT2D eigenvalue weighted by molar-refractivity contribution is 7.99. The van der Waals surface area contributed by atoms with Gasteiger partial charge in [-0.3, -0.25) is 19.1 Å². The molecule has 0 atom stereocenters. The van der Waals surface area contributed by atoms with E-state index in [9.17, 15) is 14.4 Å². The summed E-state index contributed by atoms with van der Waals surface area (Å²) in [6.07, 6.45) is 1.61. The van der Waals surface area contributed by atoms with E-state index < -0.39 is 17.0 Å². The minimum Gasteiger partial charge on any atom is -0.384 e. The van der Waals surface area contributed by atoms with Crippen molar-refractivity contribution >= 4 is 23.4 Å². The minimum absolute atomic E-state index is 0.00717. The van der Waals surface area contributed by atoms with E-state index in [1.165, 1.54) is 18.9 Å². The molecule has 0 aliphatic carbocycles. The number of Topliss-reactive ketones (excluding diaryl/α,β-unsaturated/α-hetero) is 1. The molecular weight excluding hydrogens is 320 g/mol. The molecule has 0 bridgehead atoms. The fourth-order valence-corrected chi connectivity index (χ4v) is 2.64. The Bertz CT molecular complexity index is 801. The second kappa shape index (κ2) is 7.75. The molecule has 2 aromatic heterocycles. The highest BCUT2D eigenvalue weighted by Gasteiger charge is 2.19. The molecule has 0 spiro atoms. The lowest BCUT2D eigenvalue weighted by Gasteiger charge is -2.11. The maximum absolute atomic E-state index is 12.3. The van der Waals surface area contributed by atoms with Gasteiger partial charge in [0, 0.05) is 13.3 Å². The molecule has 2 rings (SSSR count). The summed E-state index contributed by atoms with van der Waals surface area (Å²) < 4.78 is 6.00. The second-order valence-electron chi connectivity index (χ2n) is 4.54. The Hall–Kier alpha value is -2.39. The number of methoxy groups -OCH3 is 1. The molecule has 0 saturated carbocycles. The number of nitrogens with zero attached hydrogens (tertiary/aromatic N) is 2. The van der Waals surface area contributed by atoms with Crippen LogP contribution in [0.4, 0.5) is 5.82 Å². The molecule has 2 heterocycles. The third kappa shape index (κ3) is 4.08. The van der Waals surface area contributed by atoms with Gasteiger partial charge in [0.15, 0.2) is 5.78 Å². The van der Waals surface area contributed by atoms with Crippen molar-refractivity contribution in [1.29, 1.82) is 0 Å². The molecule has 23 heavy (non-hydrogen) atoms. The summed E-state index contributed by atoms with van der Waals surface area (Å²) in [6, 6.07) is 5.32. The van der Waals surface area contributed by atoms with E-state index in [-0.39, 0.29) is 30.3 Å². The number of pyridine rings is 1. The van der Waals surface area contributed by atoms with Crippen LogP contribution in [0, 0.1) is 0 Å². The van der Waals surface area contributed by atoms with Gasteiger partial charge in [-0.25, -0.2) is 9.78 Å². The van der Waals surface area contributed by atoms with Crippen LogP contribution < -0.4 is 17.0 Å². The van der Waals surface area contributed by atoms with Crippen molar-refractivity contribution in [2.24, 2.45) is 0 Å². The lowest BCUT2D eigenvalue weighted by atomic mass is 10.2. The zero-order valence-electron chi connectivity index (χ0n) is 12.4. The molecule has 9 heteroatoms. The number of rotatable bonds is 7. The molecule has 0 aromatic carbocycles. The lowest BCUT2D eigenvalue weighted by molar-refractivity contribution is 0.102. The number of carbonyl (C=O) groups excluding carboxylic acids is 1. The smallest absolute Gasteiger partial charge is 0.330 e. The Kier molecular flexibility index (Phi) is 5.72. The van der Waals surface area contributed by atoms with Gasteiger partial charge in [-0.05, 0) is 12.1 Å². The topological polar surface area (TPSA) is 120 Å². The summed E-state index contributed by atoms with van der Waals surface area (Å²) in [7, 11) is 1.47. The highest BCUT2D eigenvalue weighted by atomic mass is 32.2. The normalized spacial score (nSPS) is 10.7. The Labute approximate surface area is 135 Å². The first-order chi connectivity index (χ1) is 11.0. The van der Waals surface area contributed by atoms with E-state index >= 15 is 0 Å². The zero-order chi connectivity index (χ0) is 16.8. The second-order valence-corrected chi connectivity index (χ2v) is 5.54. The molecule has 0 amide bonds. The van der Waals surface area contributed by atoms with Gasteiger partial charge in [-0.2, -0.15) is 0 Å². The zero-order valence-corrected chi connectivity index (χ0v) is 13.3. The van der Waals surface area contributed by atoms with Crippen LogP contribution >= 0.6 is 11.8 Å². The van der Waals surface area contributed by atoms with Crippen LogP contribution in [0.25, 0.3) is 0 Å². The summed E-state index contributed by atoms with van der Waals surface area (Å²) in [5.41, 5.74) is 4.17. The Morgan fingerprint density at radius 1 is 1.43 bits per heavy atom. The van der Waals surface area contributed by atoms with Crippen molar-refractivity contribution < 1.29 is 9.53 Å². The van der Waals surface area contributed by atoms with Crippen LogP contribution in [0.3, 0.4) is 0 Å². The number of nitrogens with one attached hydrogen (secondary N) is 1. The standard InChI is InChI=1S/C14H16N4O4S/c1-22-7-6-18-12(15)11(13(20)17-14(18)21)9(19)8-23-10-4-2-3-5-16-10/h2-5H,6-8,15H2,1H3,(H,17,20,21). The Morgan fingerprint density at radius 3 is 2.87 bits per heavy atom. The number of hydrogen-bond acceptors (Lipinski definition) is 7. The Balaban J connectivity index is 2.25. The average molecular weight is 336 g/mol. The minimum atomic E-state index is -0.784. The van der Waals surface area contributed by atoms with Gasteiger partial charge in [0.25, 0.3) is 5.56 Å². The first-order valence-electron chi connectivity index (χ1n) is 6.73. The monoisotopic (exact) mass is 336 g/mol. The number of nitrogens with two attached hydrogens (primary N) is 1. The molecule has 122 valence electrons. The number of aromatic amines is 1. The van der Waals surface area contributed by atoms with Gasteiger partial charge in [0.1, 0.15) is 11.4 Å². The van der Waals surface area contributed by atoms with Crippen molar-refractivity contribution in [2.75, 3.05) is 25.2 Å². The molecule has 0 saturated heterocycles. The maximum Gasteiger partial charge on any atom is 0.330 e. The predicted molar refractivity (Wildman–Crippen MR) is 86.9 cm³/mol. The number of anilines is 1. The fourth-order valence-electron chi connectivity index (χ4n) is 1.91. The van der Waals surface area contributed by atoms with Gasteiger partial charge in [-0.1, -0.05) is 17.8 Å². The predicted octanol–water partition coefficient (Wildman–Crippen LogP) is 0.135.